The number of fused-ring (bicyclic) bond motifs is 1. The standard InChI is InChI=1S/C18H23NO4/c1-23-16(12-7-3-2-4-8-12)17(20)19-14-10-6-5-9-13(14)11-15(19)18(21)22/h2-4,7-8,13-16H,5-6,9-11H2,1H3,(H,21,22). The number of carboxylic acid groups (broad SMARTS) is 1. The minimum Gasteiger partial charge on any atom is -0.480 e. The molecule has 1 saturated heterocycles. The summed E-state index contributed by atoms with van der Waals surface area (Å²) in [5.41, 5.74) is 0.767. The van der Waals surface area contributed by atoms with Gasteiger partial charge in [0, 0.05) is 13.2 Å². The van der Waals surface area contributed by atoms with Gasteiger partial charge in [-0.15, -0.1) is 0 Å². The van der Waals surface area contributed by atoms with Crippen LogP contribution in [0.5, 0.6) is 0 Å². The zero-order valence-electron chi connectivity index (χ0n) is 13.4. The molecule has 23 heavy (non-hydrogen) atoms. The van der Waals surface area contributed by atoms with Gasteiger partial charge in [-0.25, -0.2) is 4.79 Å². The molecule has 3 rings (SSSR count). The number of nitrogens with zero attached hydrogens (tertiary/aromatic N) is 1. The number of likely N-dealkylation sites (tertiary alicyclic amines) is 1. The average molecular weight is 317 g/mol. The van der Waals surface area contributed by atoms with E-state index in [1.54, 1.807) is 4.90 Å². The van der Waals surface area contributed by atoms with Crippen LogP contribution >= 0.6 is 0 Å². The molecule has 1 aromatic carbocycles. The number of carbonyl (C=O) groups is 2. The molecule has 5 nitrogen and oxygen atoms in total. The van der Waals surface area contributed by atoms with E-state index < -0.39 is 18.1 Å². The van der Waals surface area contributed by atoms with Crippen molar-refractivity contribution in [2.24, 2.45) is 5.92 Å². The van der Waals surface area contributed by atoms with Crippen LogP contribution in [0, 0.1) is 5.92 Å². The Morgan fingerprint density at radius 2 is 1.91 bits per heavy atom. The Balaban J connectivity index is 1.89. The summed E-state index contributed by atoms with van der Waals surface area (Å²) < 4.78 is 5.43. The predicted octanol–water partition coefficient (Wildman–Crippen LogP) is 2.62. The van der Waals surface area contributed by atoms with Gasteiger partial charge in [-0.1, -0.05) is 43.2 Å². The molecule has 1 saturated carbocycles. The fraction of sp³-hybridized carbons (Fsp3) is 0.556. The molecule has 1 aliphatic heterocycles. The van der Waals surface area contributed by atoms with Crippen molar-refractivity contribution >= 4 is 11.9 Å². The highest BCUT2D eigenvalue weighted by molar-refractivity contribution is 5.88. The summed E-state index contributed by atoms with van der Waals surface area (Å²) in [6, 6.07) is 8.60. The zero-order valence-corrected chi connectivity index (χ0v) is 13.4. The first kappa shape index (κ1) is 16.0. The molecular weight excluding hydrogens is 294 g/mol. The lowest BCUT2D eigenvalue weighted by molar-refractivity contribution is -0.155. The Labute approximate surface area is 136 Å². The lowest BCUT2D eigenvalue weighted by atomic mass is 9.84. The molecule has 0 spiro atoms. The second kappa shape index (κ2) is 6.71. The number of amides is 1. The summed E-state index contributed by atoms with van der Waals surface area (Å²) in [5, 5.41) is 9.57. The zero-order chi connectivity index (χ0) is 16.4. The molecule has 1 aromatic rings. The van der Waals surface area contributed by atoms with Crippen LogP contribution < -0.4 is 0 Å². The van der Waals surface area contributed by atoms with Crippen molar-refractivity contribution in [1.29, 1.82) is 0 Å². The second-order valence-electron chi connectivity index (χ2n) is 6.47. The van der Waals surface area contributed by atoms with Gasteiger partial charge in [-0.3, -0.25) is 4.79 Å². The Kier molecular flexibility index (Phi) is 4.66. The maximum atomic E-state index is 13.1. The molecule has 4 unspecified atom stereocenters. The SMILES string of the molecule is COC(C(=O)N1C(C(=O)O)CC2CCCCC21)c1ccccc1. The van der Waals surface area contributed by atoms with E-state index in [-0.39, 0.29) is 11.9 Å². The van der Waals surface area contributed by atoms with Gasteiger partial charge < -0.3 is 14.7 Å². The van der Waals surface area contributed by atoms with Gasteiger partial charge in [-0.05, 0) is 30.7 Å². The number of carboxylic acids is 1. The van der Waals surface area contributed by atoms with Gasteiger partial charge in [0.15, 0.2) is 6.10 Å². The third kappa shape index (κ3) is 2.98. The van der Waals surface area contributed by atoms with Crippen LogP contribution in [0.1, 0.15) is 43.8 Å². The number of rotatable bonds is 4. The van der Waals surface area contributed by atoms with Crippen molar-refractivity contribution in [3.05, 3.63) is 35.9 Å². The van der Waals surface area contributed by atoms with Gasteiger partial charge in [0.05, 0.1) is 0 Å². The van der Waals surface area contributed by atoms with Crippen molar-refractivity contribution in [2.45, 2.75) is 50.3 Å². The van der Waals surface area contributed by atoms with Gasteiger partial charge in [-0.2, -0.15) is 0 Å². The van der Waals surface area contributed by atoms with Crippen LogP contribution in [0.4, 0.5) is 0 Å². The predicted molar refractivity (Wildman–Crippen MR) is 84.8 cm³/mol. The molecular formula is C18H23NO4. The Bertz CT molecular complexity index is 574. The molecule has 1 N–H and O–H groups in total. The first-order chi connectivity index (χ1) is 11.1. The second-order valence-corrected chi connectivity index (χ2v) is 6.47. The van der Waals surface area contributed by atoms with Crippen LogP contribution in [0.2, 0.25) is 0 Å². The van der Waals surface area contributed by atoms with Crippen molar-refractivity contribution < 1.29 is 19.4 Å². The van der Waals surface area contributed by atoms with Crippen molar-refractivity contribution in [3.63, 3.8) is 0 Å². The summed E-state index contributed by atoms with van der Waals surface area (Å²) in [6.45, 7) is 0. The quantitative estimate of drug-likeness (QED) is 0.927. The minimum absolute atomic E-state index is 0.0405. The number of methoxy groups -OCH3 is 1. The van der Waals surface area contributed by atoms with Crippen LogP contribution in [-0.2, 0) is 14.3 Å². The summed E-state index contributed by atoms with van der Waals surface area (Å²) >= 11 is 0. The van der Waals surface area contributed by atoms with E-state index in [2.05, 4.69) is 0 Å². The smallest absolute Gasteiger partial charge is 0.326 e. The monoisotopic (exact) mass is 317 g/mol. The lowest BCUT2D eigenvalue weighted by Crippen LogP contribution is -2.48. The van der Waals surface area contributed by atoms with Gasteiger partial charge in [0.1, 0.15) is 6.04 Å². The van der Waals surface area contributed by atoms with Crippen LogP contribution in [-0.4, -0.2) is 41.1 Å². The third-order valence-corrected chi connectivity index (χ3v) is 5.19. The van der Waals surface area contributed by atoms with Crippen molar-refractivity contribution in [1.82, 2.24) is 4.90 Å². The highest BCUT2D eigenvalue weighted by atomic mass is 16.5. The van der Waals surface area contributed by atoms with E-state index in [0.29, 0.717) is 12.3 Å². The fourth-order valence-corrected chi connectivity index (χ4v) is 4.14. The van der Waals surface area contributed by atoms with Gasteiger partial charge >= 0.3 is 5.97 Å². The molecule has 124 valence electrons. The largest absolute Gasteiger partial charge is 0.480 e. The first-order valence-electron chi connectivity index (χ1n) is 8.26. The molecule has 0 bridgehead atoms. The highest BCUT2D eigenvalue weighted by Gasteiger charge is 2.49. The van der Waals surface area contributed by atoms with Crippen molar-refractivity contribution in [3.8, 4) is 0 Å². The van der Waals surface area contributed by atoms with E-state index >= 15 is 0 Å². The molecule has 1 heterocycles. The third-order valence-electron chi connectivity index (χ3n) is 5.19. The number of hydrogen-bond donors (Lipinski definition) is 1. The molecule has 0 aromatic heterocycles. The topological polar surface area (TPSA) is 66.8 Å². The Morgan fingerprint density at radius 3 is 2.57 bits per heavy atom. The minimum atomic E-state index is -0.907. The van der Waals surface area contributed by atoms with E-state index in [1.807, 2.05) is 30.3 Å². The average Bonchev–Trinajstić information content (AvgIpc) is 2.96. The van der Waals surface area contributed by atoms with Crippen LogP contribution in [0.25, 0.3) is 0 Å². The van der Waals surface area contributed by atoms with E-state index in [4.69, 9.17) is 4.74 Å². The van der Waals surface area contributed by atoms with Crippen LogP contribution in [0.3, 0.4) is 0 Å². The van der Waals surface area contributed by atoms with E-state index in [1.165, 1.54) is 7.11 Å². The number of ether oxygens (including phenoxy) is 1. The number of carbonyl (C=O) groups excluding carboxylic acids is 1. The molecule has 1 aliphatic carbocycles. The normalized spacial score (nSPS) is 28.2. The highest BCUT2D eigenvalue weighted by Crippen LogP contribution is 2.41. The number of hydrogen-bond acceptors (Lipinski definition) is 3. The molecule has 2 aliphatic rings. The van der Waals surface area contributed by atoms with E-state index in [9.17, 15) is 14.7 Å². The molecule has 1 amide bonds. The number of benzene rings is 1. The molecule has 5 heteroatoms. The molecule has 4 atom stereocenters. The lowest BCUT2D eigenvalue weighted by Gasteiger charge is -2.35. The van der Waals surface area contributed by atoms with Crippen LogP contribution in [0.15, 0.2) is 30.3 Å². The van der Waals surface area contributed by atoms with Crippen molar-refractivity contribution in [2.75, 3.05) is 7.11 Å². The first-order valence-corrected chi connectivity index (χ1v) is 8.26. The van der Waals surface area contributed by atoms with E-state index in [0.717, 1.165) is 31.2 Å². The maximum absolute atomic E-state index is 13.1. The summed E-state index contributed by atoms with van der Waals surface area (Å²) in [5.74, 6) is -0.821. The molecule has 0 radical (unpaired) electrons. The summed E-state index contributed by atoms with van der Waals surface area (Å²) in [7, 11) is 1.50. The fourth-order valence-electron chi connectivity index (χ4n) is 4.14. The van der Waals surface area contributed by atoms with Gasteiger partial charge in [0.2, 0.25) is 0 Å². The van der Waals surface area contributed by atoms with Gasteiger partial charge in [0.25, 0.3) is 5.91 Å². The maximum Gasteiger partial charge on any atom is 0.326 e. The molecule has 2 fully saturated rings. The summed E-state index contributed by atoms with van der Waals surface area (Å²) in [6.07, 6.45) is 3.92. The number of aliphatic carboxylic acids is 1. The Morgan fingerprint density at radius 1 is 1.22 bits per heavy atom. The summed E-state index contributed by atoms with van der Waals surface area (Å²) in [4.78, 5) is 26.4. The Hall–Kier alpha value is -1.88.